The van der Waals surface area contributed by atoms with Crippen molar-refractivity contribution in [2.45, 2.75) is 13.0 Å². The summed E-state index contributed by atoms with van der Waals surface area (Å²) in [5.74, 6) is -0.141. The minimum atomic E-state index is -0.141. The number of amides is 1. The van der Waals surface area contributed by atoms with Gasteiger partial charge in [-0.25, -0.2) is 0 Å². The number of hydrogen-bond donors (Lipinski definition) is 2. The van der Waals surface area contributed by atoms with Crippen molar-refractivity contribution < 1.29 is 4.79 Å². The van der Waals surface area contributed by atoms with Crippen LogP contribution in [0.15, 0.2) is 54.6 Å². The molecule has 2 aromatic carbocycles. The van der Waals surface area contributed by atoms with Crippen molar-refractivity contribution in [1.82, 2.24) is 10.6 Å². The smallest absolute Gasteiger partial charge is 0.230 e. The molecule has 0 radical (unpaired) electrons. The van der Waals surface area contributed by atoms with Gasteiger partial charge in [0.1, 0.15) is 0 Å². The van der Waals surface area contributed by atoms with Crippen molar-refractivity contribution >= 4 is 34.8 Å². The molecule has 0 fully saturated rings. The van der Waals surface area contributed by atoms with Crippen molar-refractivity contribution in [3.05, 3.63) is 70.7 Å². The molecule has 0 heterocycles. The molecule has 2 aromatic rings. The molecule has 1 amide bonds. The van der Waals surface area contributed by atoms with Gasteiger partial charge in [-0.05, 0) is 29.4 Å². The predicted molar refractivity (Wildman–Crippen MR) is 89.2 cm³/mol. The first-order chi connectivity index (χ1) is 10.1. The van der Waals surface area contributed by atoms with E-state index in [1.165, 1.54) is 0 Å². The first kappa shape index (κ1) is 15.5. The third-order valence-electron chi connectivity index (χ3n) is 2.86. The normalized spacial score (nSPS) is 9.95. The fourth-order valence-electron chi connectivity index (χ4n) is 1.81. The van der Waals surface area contributed by atoms with Crippen LogP contribution in [0.3, 0.4) is 0 Å². The minimum Gasteiger partial charge on any atom is -0.358 e. The Morgan fingerprint density at radius 3 is 2.43 bits per heavy atom. The van der Waals surface area contributed by atoms with E-state index < -0.39 is 0 Å². The zero-order valence-corrected chi connectivity index (χ0v) is 12.9. The topological polar surface area (TPSA) is 41.1 Å². The first-order valence-corrected chi connectivity index (χ1v) is 7.29. The molecule has 0 aliphatic heterocycles. The number of thiocarbonyl (C=S) groups is 1. The second kappa shape index (κ2) is 7.76. The summed E-state index contributed by atoms with van der Waals surface area (Å²) < 4.78 is 0. The fraction of sp³-hybridized carbons (Fsp3) is 0.125. The summed E-state index contributed by atoms with van der Waals surface area (Å²) in [6, 6.07) is 17.0. The summed E-state index contributed by atoms with van der Waals surface area (Å²) in [5, 5.41) is 6.60. The van der Waals surface area contributed by atoms with Crippen LogP contribution in [-0.4, -0.2) is 11.0 Å². The van der Waals surface area contributed by atoms with E-state index in [0.717, 1.165) is 11.1 Å². The molecule has 0 bridgehead atoms. The van der Waals surface area contributed by atoms with Crippen molar-refractivity contribution in [3.8, 4) is 0 Å². The third kappa shape index (κ3) is 5.17. The van der Waals surface area contributed by atoms with E-state index in [1.54, 1.807) is 0 Å². The fourth-order valence-corrected chi connectivity index (χ4v) is 2.20. The lowest BCUT2D eigenvalue weighted by Crippen LogP contribution is -2.39. The van der Waals surface area contributed by atoms with Crippen molar-refractivity contribution in [2.75, 3.05) is 0 Å². The first-order valence-electron chi connectivity index (χ1n) is 6.50. The summed E-state index contributed by atoms with van der Waals surface area (Å²) in [4.78, 5) is 11.8. The Balaban J connectivity index is 1.79. The number of hydrogen-bond acceptors (Lipinski definition) is 2. The Kier molecular flexibility index (Phi) is 5.72. The van der Waals surface area contributed by atoms with Gasteiger partial charge in [-0.15, -0.1) is 0 Å². The highest BCUT2D eigenvalue weighted by molar-refractivity contribution is 7.80. The number of carbonyl (C=O) groups is 1. The molecule has 108 valence electrons. The van der Waals surface area contributed by atoms with Crippen LogP contribution >= 0.6 is 23.8 Å². The summed E-state index contributed by atoms with van der Waals surface area (Å²) in [6.45, 7) is 0.476. The Bertz CT molecular complexity index is 631. The summed E-state index contributed by atoms with van der Waals surface area (Å²) >= 11 is 11.2. The van der Waals surface area contributed by atoms with E-state index in [2.05, 4.69) is 10.6 Å². The molecule has 5 heteroatoms. The van der Waals surface area contributed by atoms with Gasteiger partial charge in [0, 0.05) is 11.6 Å². The zero-order valence-electron chi connectivity index (χ0n) is 11.3. The van der Waals surface area contributed by atoms with Crippen LogP contribution in [0.4, 0.5) is 0 Å². The van der Waals surface area contributed by atoms with Crippen LogP contribution in [0.5, 0.6) is 0 Å². The molecule has 0 unspecified atom stereocenters. The predicted octanol–water partition coefficient (Wildman–Crippen LogP) is 3.07. The lowest BCUT2D eigenvalue weighted by atomic mass is 10.1. The zero-order chi connectivity index (χ0) is 15.1. The van der Waals surface area contributed by atoms with Gasteiger partial charge in [0.15, 0.2) is 5.11 Å². The lowest BCUT2D eigenvalue weighted by Gasteiger charge is -2.10. The van der Waals surface area contributed by atoms with Crippen LogP contribution < -0.4 is 10.6 Å². The maximum absolute atomic E-state index is 11.8. The number of carbonyl (C=O) groups excluding carboxylic acids is 1. The van der Waals surface area contributed by atoms with Gasteiger partial charge in [0.25, 0.3) is 0 Å². The highest BCUT2D eigenvalue weighted by atomic mass is 35.5. The number of benzene rings is 2. The van der Waals surface area contributed by atoms with Gasteiger partial charge in [-0.1, -0.05) is 60.1 Å². The Morgan fingerprint density at radius 2 is 1.71 bits per heavy atom. The second-order valence-corrected chi connectivity index (χ2v) is 5.30. The Labute approximate surface area is 134 Å². The van der Waals surface area contributed by atoms with E-state index in [4.69, 9.17) is 23.8 Å². The minimum absolute atomic E-state index is 0.141. The van der Waals surface area contributed by atoms with Crippen LogP contribution in [0, 0.1) is 0 Å². The lowest BCUT2D eigenvalue weighted by molar-refractivity contribution is -0.119. The molecule has 0 spiro atoms. The SMILES string of the molecule is O=C(Cc1ccccc1)NC(=S)NCc1ccccc1Cl. The summed E-state index contributed by atoms with van der Waals surface area (Å²) in [7, 11) is 0. The van der Waals surface area contributed by atoms with Gasteiger partial charge in [-0.2, -0.15) is 0 Å². The molecule has 0 aliphatic carbocycles. The molecule has 2 rings (SSSR count). The van der Waals surface area contributed by atoms with Crippen LogP contribution in [0.2, 0.25) is 5.02 Å². The van der Waals surface area contributed by atoms with Gasteiger partial charge in [0.2, 0.25) is 5.91 Å². The molecule has 0 atom stereocenters. The maximum atomic E-state index is 11.8. The molecule has 0 aliphatic rings. The Hall–Kier alpha value is -1.91. The molecular weight excluding hydrogens is 304 g/mol. The second-order valence-electron chi connectivity index (χ2n) is 4.48. The van der Waals surface area contributed by atoms with Crippen molar-refractivity contribution in [1.29, 1.82) is 0 Å². The van der Waals surface area contributed by atoms with E-state index in [1.807, 2.05) is 54.6 Å². The molecule has 2 N–H and O–H groups in total. The van der Waals surface area contributed by atoms with E-state index in [9.17, 15) is 4.79 Å². The van der Waals surface area contributed by atoms with Gasteiger partial charge in [0.05, 0.1) is 6.42 Å². The molecule has 0 saturated heterocycles. The van der Waals surface area contributed by atoms with E-state index in [-0.39, 0.29) is 5.91 Å². The summed E-state index contributed by atoms with van der Waals surface area (Å²) in [5.41, 5.74) is 1.88. The van der Waals surface area contributed by atoms with Gasteiger partial charge < -0.3 is 10.6 Å². The molecule has 21 heavy (non-hydrogen) atoms. The van der Waals surface area contributed by atoms with Crippen molar-refractivity contribution in [2.24, 2.45) is 0 Å². The standard InChI is InChI=1S/C16H15ClN2OS/c17-14-9-5-4-8-13(14)11-18-16(21)19-15(20)10-12-6-2-1-3-7-12/h1-9H,10-11H2,(H2,18,19,20,21). The average molecular weight is 319 g/mol. The van der Waals surface area contributed by atoms with Gasteiger partial charge in [-0.3, -0.25) is 4.79 Å². The molecule has 0 saturated carbocycles. The monoisotopic (exact) mass is 318 g/mol. The molecule has 0 aromatic heterocycles. The molecular formula is C16H15ClN2OS. The van der Waals surface area contributed by atoms with Crippen LogP contribution in [0.25, 0.3) is 0 Å². The highest BCUT2D eigenvalue weighted by Gasteiger charge is 2.06. The van der Waals surface area contributed by atoms with Gasteiger partial charge >= 0.3 is 0 Å². The quantitative estimate of drug-likeness (QED) is 0.851. The van der Waals surface area contributed by atoms with E-state index in [0.29, 0.717) is 23.1 Å². The Morgan fingerprint density at radius 1 is 1.05 bits per heavy atom. The maximum Gasteiger partial charge on any atom is 0.230 e. The summed E-state index contributed by atoms with van der Waals surface area (Å²) in [6.07, 6.45) is 0.300. The number of nitrogens with one attached hydrogen (secondary N) is 2. The third-order valence-corrected chi connectivity index (χ3v) is 3.47. The average Bonchev–Trinajstić information content (AvgIpc) is 2.47. The largest absolute Gasteiger partial charge is 0.358 e. The molecule has 3 nitrogen and oxygen atoms in total. The van der Waals surface area contributed by atoms with Crippen molar-refractivity contribution in [3.63, 3.8) is 0 Å². The van der Waals surface area contributed by atoms with E-state index >= 15 is 0 Å². The van der Waals surface area contributed by atoms with Crippen LogP contribution in [-0.2, 0) is 17.8 Å². The number of halogens is 1. The number of rotatable bonds is 4. The highest BCUT2D eigenvalue weighted by Crippen LogP contribution is 2.14. The van der Waals surface area contributed by atoms with Crippen LogP contribution in [0.1, 0.15) is 11.1 Å².